The molecule has 0 atom stereocenters. The van der Waals surface area contributed by atoms with E-state index in [9.17, 15) is 0 Å². The molecular formula is C24H14N4S. The van der Waals surface area contributed by atoms with Gasteiger partial charge in [-0.25, -0.2) is 4.98 Å². The first-order valence-electron chi connectivity index (χ1n) is 9.07. The average molecular weight is 390 g/mol. The van der Waals surface area contributed by atoms with E-state index < -0.39 is 0 Å². The van der Waals surface area contributed by atoms with Gasteiger partial charge in [0, 0.05) is 41.5 Å². The van der Waals surface area contributed by atoms with Crippen LogP contribution in [0.4, 0.5) is 0 Å². The second-order valence-electron chi connectivity index (χ2n) is 6.60. The fraction of sp³-hybridized carbons (Fsp3) is 0. The monoisotopic (exact) mass is 390 g/mol. The van der Waals surface area contributed by atoms with E-state index in [2.05, 4.69) is 46.4 Å². The lowest BCUT2D eigenvalue weighted by Gasteiger charge is -2.09. The molecule has 0 radical (unpaired) electrons. The molecule has 0 aliphatic carbocycles. The first kappa shape index (κ1) is 17.2. The standard InChI is InChI=1S/C24H14N4S/c25-13-16-5-6-22-23(9-16)29-24(28-22)21-11-19(17-3-1-7-26-14-17)10-20(12-21)18-4-2-8-27-15-18/h1-12,14-15H. The Hall–Kier alpha value is -3.88. The number of hydrogen-bond donors (Lipinski definition) is 0. The third-order valence-electron chi connectivity index (χ3n) is 4.69. The van der Waals surface area contributed by atoms with Crippen LogP contribution in [-0.2, 0) is 0 Å². The van der Waals surface area contributed by atoms with Crippen LogP contribution in [0.5, 0.6) is 0 Å². The fourth-order valence-corrected chi connectivity index (χ4v) is 4.26. The summed E-state index contributed by atoms with van der Waals surface area (Å²) < 4.78 is 1.01. The van der Waals surface area contributed by atoms with E-state index in [0.29, 0.717) is 5.56 Å². The minimum atomic E-state index is 0.646. The van der Waals surface area contributed by atoms with E-state index in [0.717, 1.165) is 43.0 Å². The number of hydrogen-bond acceptors (Lipinski definition) is 5. The third kappa shape index (κ3) is 3.38. The molecule has 3 heterocycles. The Morgan fingerprint density at radius 1 is 0.724 bits per heavy atom. The van der Waals surface area contributed by atoms with Crippen LogP contribution in [0.1, 0.15) is 5.56 Å². The van der Waals surface area contributed by atoms with Gasteiger partial charge in [0.15, 0.2) is 0 Å². The minimum Gasteiger partial charge on any atom is -0.264 e. The molecule has 136 valence electrons. The summed E-state index contributed by atoms with van der Waals surface area (Å²) in [6.45, 7) is 0. The first-order chi connectivity index (χ1) is 14.3. The van der Waals surface area contributed by atoms with Crippen molar-refractivity contribution in [2.24, 2.45) is 0 Å². The molecule has 5 rings (SSSR count). The third-order valence-corrected chi connectivity index (χ3v) is 5.75. The van der Waals surface area contributed by atoms with Gasteiger partial charge in [-0.2, -0.15) is 5.26 Å². The lowest BCUT2D eigenvalue weighted by Crippen LogP contribution is -1.86. The molecule has 29 heavy (non-hydrogen) atoms. The molecule has 0 unspecified atom stereocenters. The van der Waals surface area contributed by atoms with Crippen molar-refractivity contribution in [3.05, 3.63) is 91.0 Å². The van der Waals surface area contributed by atoms with E-state index in [1.807, 2.05) is 36.7 Å². The van der Waals surface area contributed by atoms with Gasteiger partial charge in [-0.05, 0) is 59.7 Å². The zero-order chi connectivity index (χ0) is 19.6. The van der Waals surface area contributed by atoms with Crippen LogP contribution in [0, 0.1) is 11.3 Å². The minimum absolute atomic E-state index is 0.646. The van der Waals surface area contributed by atoms with Crippen LogP contribution in [0.15, 0.2) is 85.5 Å². The molecule has 0 N–H and O–H groups in total. The van der Waals surface area contributed by atoms with Gasteiger partial charge in [-0.15, -0.1) is 11.3 Å². The molecule has 0 spiro atoms. The van der Waals surface area contributed by atoms with Crippen molar-refractivity contribution in [2.75, 3.05) is 0 Å². The first-order valence-corrected chi connectivity index (χ1v) is 9.89. The van der Waals surface area contributed by atoms with Crippen LogP contribution in [-0.4, -0.2) is 15.0 Å². The number of pyridine rings is 2. The zero-order valence-corrected chi connectivity index (χ0v) is 16.1. The second-order valence-corrected chi connectivity index (χ2v) is 7.63. The van der Waals surface area contributed by atoms with Gasteiger partial charge in [0.25, 0.3) is 0 Å². The van der Waals surface area contributed by atoms with E-state index in [4.69, 9.17) is 10.2 Å². The summed E-state index contributed by atoms with van der Waals surface area (Å²) in [6, 6.07) is 22.2. The van der Waals surface area contributed by atoms with Crippen molar-refractivity contribution < 1.29 is 0 Å². The second kappa shape index (κ2) is 7.27. The molecule has 4 nitrogen and oxygen atoms in total. The van der Waals surface area contributed by atoms with Crippen molar-refractivity contribution in [3.8, 4) is 38.9 Å². The quantitative estimate of drug-likeness (QED) is 0.381. The molecule has 5 aromatic rings. The van der Waals surface area contributed by atoms with Gasteiger partial charge >= 0.3 is 0 Å². The number of nitrogens with zero attached hydrogens (tertiary/aromatic N) is 4. The normalized spacial score (nSPS) is 10.7. The smallest absolute Gasteiger partial charge is 0.124 e. The summed E-state index contributed by atoms with van der Waals surface area (Å²) >= 11 is 1.59. The number of aromatic nitrogens is 3. The Morgan fingerprint density at radius 3 is 1.97 bits per heavy atom. The van der Waals surface area contributed by atoms with Gasteiger partial charge in [-0.3, -0.25) is 9.97 Å². The summed E-state index contributed by atoms with van der Waals surface area (Å²) in [5, 5.41) is 10.1. The van der Waals surface area contributed by atoms with Crippen LogP contribution < -0.4 is 0 Å². The van der Waals surface area contributed by atoms with Crippen LogP contribution in [0.2, 0.25) is 0 Å². The van der Waals surface area contributed by atoms with Gasteiger partial charge in [0.05, 0.1) is 21.8 Å². The molecule has 0 saturated carbocycles. The fourth-order valence-electron chi connectivity index (χ4n) is 3.27. The van der Waals surface area contributed by atoms with Crippen molar-refractivity contribution in [3.63, 3.8) is 0 Å². The van der Waals surface area contributed by atoms with Crippen molar-refractivity contribution in [1.82, 2.24) is 15.0 Å². The summed E-state index contributed by atoms with van der Waals surface area (Å²) in [6.07, 6.45) is 7.28. The number of thiazole rings is 1. The van der Waals surface area contributed by atoms with Gasteiger partial charge < -0.3 is 0 Å². The number of rotatable bonds is 3. The molecule has 3 aromatic heterocycles. The Morgan fingerprint density at radius 2 is 1.38 bits per heavy atom. The number of nitriles is 1. The maximum absolute atomic E-state index is 9.17. The zero-order valence-electron chi connectivity index (χ0n) is 15.3. The predicted molar refractivity (Wildman–Crippen MR) is 116 cm³/mol. The Bertz CT molecular complexity index is 1290. The highest BCUT2D eigenvalue weighted by Crippen LogP contribution is 2.36. The van der Waals surface area contributed by atoms with Crippen molar-refractivity contribution in [2.45, 2.75) is 0 Å². The van der Waals surface area contributed by atoms with E-state index in [1.54, 1.807) is 29.8 Å². The summed E-state index contributed by atoms with van der Waals surface area (Å²) in [4.78, 5) is 13.3. The van der Waals surface area contributed by atoms with Crippen LogP contribution in [0.3, 0.4) is 0 Å². The van der Waals surface area contributed by atoms with Crippen molar-refractivity contribution >= 4 is 21.6 Å². The Labute approximate surface area is 171 Å². The van der Waals surface area contributed by atoms with Gasteiger partial charge in [0.2, 0.25) is 0 Å². The topological polar surface area (TPSA) is 62.5 Å². The largest absolute Gasteiger partial charge is 0.264 e. The summed E-state index contributed by atoms with van der Waals surface area (Å²) in [5.41, 5.74) is 6.83. The predicted octanol–water partition coefficient (Wildman–Crippen LogP) is 5.96. The highest BCUT2D eigenvalue weighted by atomic mass is 32.1. The van der Waals surface area contributed by atoms with E-state index in [-0.39, 0.29) is 0 Å². The highest BCUT2D eigenvalue weighted by molar-refractivity contribution is 7.21. The van der Waals surface area contributed by atoms with Crippen molar-refractivity contribution in [1.29, 1.82) is 5.26 Å². The molecule has 0 fully saturated rings. The molecule has 0 aliphatic rings. The van der Waals surface area contributed by atoms with Crippen LogP contribution >= 0.6 is 11.3 Å². The maximum Gasteiger partial charge on any atom is 0.124 e. The highest BCUT2D eigenvalue weighted by Gasteiger charge is 2.12. The lowest BCUT2D eigenvalue weighted by molar-refractivity contribution is 1.32. The van der Waals surface area contributed by atoms with Gasteiger partial charge in [0.1, 0.15) is 5.01 Å². The molecular weight excluding hydrogens is 376 g/mol. The Balaban J connectivity index is 1.71. The van der Waals surface area contributed by atoms with Gasteiger partial charge in [-0.1, -0.05) is 12.1 Å². The van der Waals surface area contributed by atoms with E-state index >= 15 is 0 Å². The number of benzene rings is 2. The number of fused-ring (bicyclic) bond motifs is 1. The summed E-state index contributed by atoms with van der Waals surface area (Å²) in [7, 11) is 0. The van der Waals surface area contributed by atoms with E-state index in [1.165, 1.54) is 0 Å². The Kier molecular flexibility index (Phi) is 4.32. The molecule has 0 saturated heterocycles. The molecule has 0 amide bonds. The maximum atomic E-state index is 9.17. The summed E-state index contributed by atoms with van der Waals surface area (Å²) in [5.74, 6) is 0. The molecule has 0 aliphatic heterocycles. The molecule has 2 aromatic carbocycles. The SMILES string of the molecule is N#Cc1ccc2nc(-c3cc(-c4cccnc4)cc(-c4cccnc4)c3)sc2c1. The van der Waals surface area contributed by atoms with Crippen LogP contribution in [0.25, 0.3) is 43.0 Å². The lowest BCUT2D eigenvalue weighted by atomic mass is 9.98. The molecule has 0 bridgehead atoms. The average Bonchev–Trinajstić information content (AvgIpc) is 3.23. The molecule has 5 heteroatoms.